The van der Waals surface area contributed by atoms with Crippen LogP contribution in [0.25, 0.3) is 0 Å². The molecule has 2 aromatic carbocycles. The van der Waals surface area contributed by atoms with E-state index in [9.17, 15) is 22.8 Å². The van der Waals surface area contributed by atoms with Crippen molar-refractivity contribution < 1.29 is 27.5 Å². The molecule has 0 aliphatic rings. The van der Waals surface area contributed by atoms with Gasteiger partial charge in [-0.25, -0.2) is 13.2 Å². The van der Waals surface area contributed by atoms with Crippen LogP contribution in [0.15, 0.2) is 36.4 Å². The maximum Gasteiger partial charge on any atom is 0.244 e. The van der Waals surface area contributed by atoms with Crippen LogP contribution in [0.5, 0.6) is 5.75 Å². The van der Waals surface area contributed by atoms with E-state index < -0.39 is 29.0 Å². The summed E-state index contributed by atoms with van der Waals surface area (Å²) in [5.41, 5.74) is 0.234. The maximum absolute atomic E-state index is 13.7. The average molecular weight is 394 g/mol. The maximum atomic E-state index is 13.7. The Bertz CT molecular complexity index is 859. The van der Waals surface area contributed by atoms with Crippen LogP contribution in [0.1, 0.15) is 18.9 Å². The molecule has 2 rings (SSSR count). The second-order valence-electron chi connectivity index (χ2n) is 6.11. The number of rotatable bonds is 8. The number of anilines is 1. The van der Waals surface area contributed by atoms with Crippen LogP contribution in [0.3, 0.4) is 0 Å². The van der Waals surface area contributed by atoms with E-state index in [-0.39, 0.29) is 18.9 Å². The molecule has 5 nitrogen and oxygen atoms in total. The lowest BCUT2D eigenvalue weighted by molar-refractivity contribution is -0.134. The average Bonchev–Trinajstić information content (AvgIpc) is 2.68. The van der Waals surface area contributed by atoms with Crippen molar-refractivity contribution in [3.05, 3.63) is 59.4 Å². The zero-order chi connectivity index (χ0) is 20.7. The summed E-state index contributed by atoms with van der Waals surface area (Å²) in [7, 11) is 1.52. The molecule has 28 heavy (non-hydrogen) atoms. The summed E-state index contributed by atoms with van der Waals surface area (Å²) in [5.74, 6) is -4.90. The Morgan fingerprint density at radius 3 is 2.54 bits per heavy atom. The fourth-order valence-electron chi connectivity index (χ4n) is 2.62. The van der Waals surface area contributed by atoms with Gasteiger partial charge >= 0.3 is 0 Å². The molecule has 150 valence electrons. The van der Waals surface area contributed by atoms with E-state index in [4.69, 9.17) is 4.74 Å². The Hall–Kier alpha value is -3.03. The zero-order valence-electron chi connectivity index (χ0n) is 15.6. The minimum Gasteiger partial charge on any atom is -0.497 e. The van der Waals surface area contributed by atoms with Gasteiger partial charge in [-0.05, 0) is 36.2 Å². The summed E-state index contributed by atoms with van der Waals surface area (Å²) in [4.78, 5) is 26.1. The molecule has 0 atom stereocenters. The quantitative estimate of drug-likeness (QED) is 0.697. The minimum absolute atomic E-state index is 0.0595. The van der Waals surface area contributed by atoms with Gasteiger partial charge in [-0.15, -0.1) is 0 Å². The predicted octanol–water partition coefficient (Wildman–Crippen LogP) is 3.53. The molecule has 0 aliphatic heterocycles. The number of carbonyl (C=O) groups is 2. The van der Waals surface area contributed by atoms with Gasteiger partial charge < -0.3 is 15.0 Å². The van der Waals surface area contributed by atoms with Crippen LogP contribution in [-0.2, 0) is 16.0 Å². The number of hydrogen-bond donors (Lipinski definition) is 1. The molecule has 0 spiro atoms. The molecule has 0 aromatic heterocycles. The van der Waals surface area contributed by atoms with Crippen molar-refractivity contribution in [1.29, 1.82) is 0 Å². The third-order valence-electron chi connectivity index (χ3n) is 3.98. The van der Waals surface area contributed by atoms with Crippen LogP contribution < -0.4 is 10.1 Å². The van der Waals surface area contributed by atoms with Crippen LogP contribution in [-0.4, -0.2) is 36.9 Å². The van der Waals surface area contributed by atoms with Gasteiger partial charge in [-0.2, -0.15) is 0 Å². The molecule has 2 amide bonds. The summed E-state index contributed by atoms with van der Waals surface area (Å²) in [6, 6.07) is 8.63. The predicted molar refractivity (Wildman–Crippen MR) is 98.5 cm³/mol. The lowest BCUT2D eigenvalue weighted by atomic mass is 10.1. The standard InChI is InChI=1S/C20H21F3N2O3/c1-3-9-25(18(27)11-13-5-4-6-14(10-13)28-2)12-17(26)24-16-8-7-15(21)19(22)20(16)23/h4-8,10H,3,9,11-12H2,1-2H3,(H,24,26). The Morgan fingerprint density at radius 1 is 1.11 bits per heavy atom. The van der Waals surface area contributed by atoms with Crippen molar-refractivity contribution in [3.63, 3.8) is 0 Å². The fraction of sp³-hybridized carbons (Fsp3) is 0.300. The van der Waals surface area contributed by atoms with E-state index >= 15 is 0 Å². The minimum atomic E-state index is -1.67. The van der Waals surface area contributed by atoms with Gasteiger partial charge in [0.05, 0.1) is 25.8 Å². The highest BCUT2D eigenvalue weighted by molar-refractivity contribution is 5.94. The van der Waals surface area contributed by atoms with Crippen LogP contribution in [0.2, 0.25) is 0 Å². The first-order valence-electron chi connectivity index (χ1n) is 8.69. The van der Waals surface area contributed by atoms with Gasteiger partial charge in [0, 0.05) is 6.54 Å². The first-order chi connectivity index (χ1) is 13.3. The van der Waals surface area contributed by atoms with Crippen molar-refractivity contribution in [3.8, 4) is 5.75 Å². The molecular weight excluding hydrogens is 373 g/mol. The largest absolute Gasteiger partial charge is 0.497 e. The molecule has 0 bridgehead atoms. The number of amides is 2. The number of nitrogens with one attached hydrogen (secondary N) is 1. The Morgan fingerprint density at radius 2 is 1.86 bits per heavy atom. The SMILES string of the molecule is CCCN(CC(=O)Nc1ccc(F)c(F)c1F)C(=O)Cc1cccc(OC)c1. The van der Waals surface area contributed by atoms with Crippen molar-refractivity contribution in [1.82, 2.24) is 4.90 Å². The van der Waals surface area contributed by atoms with E-state index in [1.54, 1.807) is 24.3 Å². The number of carbonyl (C=O) groups excluding carboxylic acids is 2. The molecule has 0 radical (unpaired) electrons. The highest BCUT2D eigenvalue weighted by Crippen LogP contribution is 2.19. The Kier molecular flexibility index (Phi) is 7.43. The highest BCUT2D eigenvalue weighted by atomic mass is 19.2. The molecule has 1 N–H and O–H groups in total. The zero-order valence-corrected chi connectivity index (χ0v) is 15.6. The number of halogens is 3. The smallest absolute Gasteiger partial charge is 0.244 e. The first-order valence-corrected chi connectivity index (χ1v) is 8.69. The molecular formula is C20H21F3N2O3. The summed E-state index contributed by atoms with van der Waals surface area (Å²) < 4.78 is 45.1. The summed E-state index contributed by atoms with van der Waals surface area (Å²) in [5, 5.41) is 2.17. The van der Waals surface area contributed by atoms with E-state index in [0.717, 1.165) is 11.6 Å². The second-order valence-corrected chi connectivity index (χ2v) is 6.11. The summed E-state index contributed by atoms with van der Waals surface area (Å²) in [6.45, 7) is 1.82. The summed E-state index contributed by atoms with van der Waals surface area (Å²) >= 11 is 0. The van der Waals surface area contributed by atoms with Gasteiger partial charge in [-0.3, -0.25) is 9.59 Å². The van der Waals surface area contributed by atoms with Crippen molar-refractivity contribution in [2.45, 2.75) is 19.8 Å². The molecule has 0 saturated heterocycles. The normalized spacial score (nSPS) is 10.5. The van der Waals surface area contributed by atoms with Crippen LogP contribution >= 0.6 is 0 Å². The number of nitrogens with zero attached hydrogens (tertiary/aromatic N) is 1. The third kappa shape index (κ3) is 5.48. The Balaban J connectivity index is 2.05. The molecule has 0 heterocycles. The lowest BCUT2D eigenvalue weighted by Gasteiger charge is -2.22. The van der Waals surface area contributed by atoms with Crippen molar-refractivity contribution in [2.75, 3.05) is 25.5 Å². The lowest BCUT2D eigenvalue weighted by Crippen LogP contribution is -2.39. The van der Waals surface area contributed by atoms with Gasteiger partial charge in [-0.1, -0.05) is 19.1 Å². The van der Waals surface area contributed by atoms with E-state index in [1.807, 2.05) is 6.92 Å². The van der Waals surface area contributed by atoms with Gasteiger partial charge in [0.2, 0.25) is 11.8 Å². The molecule has 0 unspecified atom stereocenters. The van der Waals surface area contributed by atoms with Crippen LogP contribution in [0, 0.1) is 17.5 Å². The first kappa shape index (κ1) is 21.3. The number of methoxy groups -OCH3 is 1. The molecule has 0 saturated carbocycles. The van der Waals surface area contributed by atoms with Crippen molar-refractivity contribution in [2.24, 2.45) is 0 Å². The van der Waals surface area contributed by atoms with E-state index in [0.29, 0.717) is 24.8 Å². The van der Waals surface area contributed by atoms with Crippen LogP contribution in [0.4, 0.5) is 18.9 Å². The second kappa shape index (κ2) is 9.77. The van der Waals surface area contributed by atoms with E-state index in [2.05, 4.69) is 5.32 Å². The molecule has 8 heteroatoms. The number of ether oxygens (including phenoxy) is 1. The number of hydrogen-bond acceptors (Lipinski definition) is 3. The fourth-order valence-corrected chi connectivity index (χ4v) is 2.62. The monoisotopic (exact) mass is 394 g/mol. The highest BCUT2D eigenvalue weighted by Gasteiger charge is 2.20. The number of benzene rings is 2. The molecule has 2 aromatic rings. The van der Waals surface area contributed by atoms with Gasteiger partial charge in [0.1, 0.15) is 5.75 Å². The third-order valence-corrected chi connectivity index (χ3v) is 3.98. The Labute approximate surface area is 161 Å². The topological polar surface area (TPSA) is 58.6 Å². The van der Waals surface area contributed by atoms with E-state index in [1.165, 1.54) is 12.0 Å². The molecule has 0 fully saturated rings. The molecule has 0 aliphatic carbocycles. The van der Waals surface area contributed by atoms with Gasteiger partial charge in [0.25, 0.3) is 0 Å². The summed E-state index contributed by atoms with van der Waals surface area (Å²) in [6.07, 6.45) is 0.667. The van der Waals surface area contributed by atoms with Crippen molar-refractivity contribution >= 4 is 17.5 Å². The van der Waals surface area contributed by atoms with Gasteiger partial charge in [0.15, 0.2) is 17.5 Å².